The number of carbonyl (C=O) groups is 2. The topological polar surface area (TPSA) is 49.4 Å². The van der Waals surface area contributed by atoms with Gasteiger partial charge in [-0.15, -0.1) is 11.8 Å². The van der Waals surface area contributed by atoms with Gasteiger partial charge in [0.25, 0.3) is 0 Å². The van der Waals surface area contributed by atoms with Gasteiger partial charge in [-0.25, -0.2) is 13.2 Å². The first-order valence-corrected chi connectivity index (χ1v) is 9.24. The molecule has 144 valence electrons. The number of rotatable bonds is 8. The van der Waals surface area contributed by atoms with Gasteiger partial charge in [0, 0.05) is 18.0 Å². The lowest BCUT2D eigenvalue weighted by atomic mass is 10.2. The van der Waals surface area contributed by atoms with E-state index in [1.807, 2.05) is 0 Å². The van der Waals surface area contributed by atoms with Gasteiger partial charge in [-0.05, 0) is 42.8 Å². The number of hydrogen-bond donors (Lipinski definition) is 1. The van der Waals surface area contributed by atoms with E-state index in [1.165, 1.54) is 23.1 Å². The van der Waals surface area contributed by atoms with Crippen molar-refractivity contribution < 1.29 is 22.8 Å². The van der Waals surface area contributed by atoms with Crippen LogP contribution in [0, 0.1) is 17.5 Å². The first-order valence-electron chi connectivity index (χ1n) is 8.25. The predicted octanol–water partition coefficient (Wildman–Crippen LogP) is 3.36. The quantitative estimate of drug-likeness (QED) is 0.696. The zero-order valence-corrected chi connectivity index (χ0v) is 15.5. The molecule has 27 heavy (non-hydrogen) atoms. The minimum Gasteiger partial charge on any atom is -0.350 e. The highest BCUT2D eigenvalue weighted by molar-refractivity contribution is 8.00. The van der Waals surface area contributed by atoms with E-state index in [0.29, 0.717) is 11.4 Å². The van der Waals surface area contributed by atoms with E-state index in [2.05, 4.69) is 5.32 Å². The third-order valence-corrected chi connectivity index (χ3v) is 4.70. The molecule has 2 aromatic rings. The van der Waals surface area contributed by atoms with Gasteiger partial charge in [-0.1, -0.05) is 12.1 Å². The summed E-state index contributed by atoms with van der Waals surface area (Å²) in [4.78, 5) is 26.1. The highest BCUT2D eigenvalue weighted by atomic mass is 32.2. The normalized spacial score (nSPS) is 10.5. The second-order valence-corrected chi connectivity index (χ2v) is 6.72. The van der Waals surface area contributed by atoms with Crippen LogP contribution in [-0.2, 0) is 16.1 Å². The summed E-state index contributed by atoms with van der Waals surface area (Å²) >= 11 is 1.07. The number of nitrogens with zero attached hydrogens (tertiary/aromatic N) is 1. The smallest absolute Gasteiger partial charge is 0.239 e. The van der Waals surface area contributed by atoms with Gasteiger partial charge in [0.15, 0.2) is 11.6 Å². The van der Waals surface area contributed by atoms with Gasteiger partial charge >= 0.3 is 0 Å². The first kappa shape index (κ1) is 20.8. The summed E-state index contributed by atoms with van der Waals surface area (Å²) in [5.74, 6) is -2.90. The molecule has 0 spiro atoms. The Morgan fingerprint density at radius 2 is 1.74 bits per heavy atom. The number of thioether (sulfide) groups is 1. The Hall–Kier alpha value is -2.48. The van der Waals surface area contributed by atoms with Crippen molar-refractivity contribution in [2.45, 2.75) is 18.4 Å². The second-order valence-electron chi connectivity index (χ2n) is 5.68. The Balaban J connectivity index is 1.81. The van der Waals surface area contributed by atoms with Crippen LogP contribution in [0.1, 0.15) is 12.5 Å². The Kier molecular flexibility index (Phi) is 7.72. The third kappa shape index (κ3) is 6.63. The Morgan fingerprint density at radius 3 is 2.37 bits per heavy atom. The maximum absolute atomic E-state index is 13.2. The second kappa shape index (κ2) is 10.0. The minimum atomic E-state index is -0.972. The van der Waals surface area contributed by atoms with Crippen molar-refractivity contribution in [1.82, 2.24) is 10.2 Å². The highest BCUT2D eigenvalue weighted by Crippen LogP contribution is 2.20. The van der Waals surface area contributed by atoms with Crippen LogP contribution < -0.4 is 5.32 Å². The maximum atomic E-state index is 13.2. The molecule has 0 unspecified atom stereocenters. The summed E-state index contributed by atoms with van der Waals surface area (Å²) in [5.41, 5.74) is 0.744. The Labute approximate surface area is 159 Å². The summed E-state index contributed by atoms with van der Waals surface area (Å²) in [6.45, 7) is 2.19. The fourth-order valence-electron chi connectivity index (χ4n) is 2.21. The Morgan fingerprint density at radius 1 is 1.04 bits per heavy atom. The molecule has 2 aromatic carbocycles. The van der Waals surface area contributed by atoms with E-state index < -0.39 is 11.6 Å². The molecule has 0 atom stereocenters. The molecule has 0 bridgehead atoms. The zero-order valence-electron chi connectivity index (χ0n) is 14.7. The molecule has 8 heteroatoms. The number of hydrogen-bond acceptors (Lipinski definition) is 3. The van der Waals surface area contributed by atoms with Crippen molar-refractivity contribution in [3.8, 4) is 0 Å². The van der Waals surface area contributed by atoms with Gasteiger partial charge in [-0.3, -0.25) is 9.59 Å². The fourth-order valence-corrected chi connectivity index (χ4v) is 3.04. The van der Waals surface area contributed by atoms with Crippen LogP contribution in [0.15, 0.2) is 47.4 Å². The molecule has 2 rings (SSSR count). The molecule has 0 aromatic heterocycles. The number of halogens is 3. The van der Waals surface area contributed by atoms with Gasteiger partial charge in [-0.2, -0.15) is 0 Å². The molecule has 2 amide bonds. The molecule has 0 aliphatic rings. The number of amides is 2. The molecule has 0 radical (unpaired) electrons. The first-order chi connectivity index (χ1) is 12.9. The van der Waals surface area contributed by atoms with E-state index >= 15 is 0 Å². The number of nitrogens with one attached hydrogen (secondary N) is 1. The average Bonchev–Trinajstić information content (AvgIpc) is 2.66. The van der Waals surface area contributed by atoms with Crippen LogP contribution in [-0.4, -0.2) is 35.6 Å². The monoisotopic (exact) mass is 396 g/mol. The molecule has 0 aliphatic carbocycles. The molecule has 0 aliphatic heterocycles. The van der Waals surface area contributed by atoms with E-state index in [0.717, 1.165) is 29.5 Å². The van der Waals surface area contributed by atoms with E-state index in [1.54, 1.807) is 19.1 Å². The molecule has 0 fully saturated rings. The molecule has 0 saturated heterocycles. The van der Waals surface area contributed by atoms with Crippen molar-refractivity contribution in [3.63, 3.8) is 0 Å². The van der Waals surface area contributed by atoms with Gasteiger partial charge in [0.2, 0.25) is 11.8 Å². The van der Waals surface area contributed by atoms with E-state index in [-0.39, 0.29) is 36.5 Å². The highest BCUT2D eigenvalue weighted by Gasteiger charge is 2.16. The molecular weight excluding hydrogens is 377 g/mol. The van der Waals surface area contributed by atoms with E-state index in [4.69, 9.17) is 0 Å². The number of carbonyl (C=O) groups excluding carboxylic acids is 2. The molecular formula is C19H19F3N2O2S. The van der Waals surface area contributed by atoms with Crippen LogP contribution in [0.25, 0.3) is 0 Å². The third-order valence-electron chi connectivity index (χ3n) is 3.73. The summed E-state index contributed by atoms with van der Waals surface area (Å²) in [6, 6.07) is 9.16. The lowest BCUT2D eigenvalue weighted by Gasteiger charge is -2.20. The summed E-state index contributed by atoms with van der Waals surface area (Å²) in [6.07, 6.45) is 0. The van der Waals surface area contributed by atoms with Crippen molar-refractivity contribution in [2.24, 2.45) is 0 Å². The molecule has 0 saturated carbocycles. The van der Waals surface area contributed by atoms with Crippen molar-refractivity contribution in [2.75, 3.05) is 18.8 Å². The fraction of sp³-hybridized carbons (Fsp3) is 0.263. The van der Waals surface area contributed by atoms with Gasteiger partial charge in [0.05, 0.1) is 12.3 Å². The SMILES string of the molecule is CCN(CC(=O)NCc1ccc(F)cc1)C(=O)CSc1ccc(F)c(F)c1. The lowest BCUT2D eigenvalue weighted by Crippen LogP contribution is -2.41. The molecule has 1 N–H and O–H groups in total. The van der Waals surface area contributed by atoms with Crippen LogP contribution in [0.5, 0.6) is 0 Å². The zero-order chi connectivity index (χ0) is 19.8. The van der Waals surface area contributed by atoms with Crippen LogP contribution in [0.3, 0.4) is 0 Å². The standard InChI is InChI=1S/C19H19F3N2O2S/c1-2-24(11-18(25)23-10-13-3-5-14(20)6-4-13)19(26)12-27-15-7-8-16(21)17(22)9-15/h3-9H,2,10-12H2,1H3,(H,23,25). The Bertz CT molecular complexity index is 800. The summed E-state index contributed by atoms with van der Waals surface area (Å²) in [7, 11) is 0. The lowest BCUT2D eigenvalue weighted by molar-refractivity contribution is -0.133. The van der Waals surface area contributed by atoms with Crippen LogP contribution in [0.2, 0.25) is 0 Å². The maximum Gasteiger partial charge on any atom is 0.239 e. The van der Waals surface area contributed by atoms with Gasteiger partial charge < -0.3 is 10.2 Å². The number of likely N-dealkylation sites (N-methyl/N-ethyl adjacent to an activating group) is 1. The van der Waals surface area contributed by atoms with Crippen molar-refractivity contribution in [1.29, 1.82) is 0 Å². The number of benzene rings is 2. The van der Waals surface area contributed by atoms with Gasteiger partial charge in [0.1, 0.15) is 5.82 Å². The predicted molar refractivity (Wildman–Crippen MR) is 97.6 cm³/mol. The van der Waals surface area contributed by atoms with E-state index in [9.17, 15) is 22.8 Å². The minimum absolute atomic E-state index is 0.00412. The van der Waals surface area contributed by atoms with Crippen LogP contribution >= 0.6 is 11.8 Å². The van der Waals surface area contributed by atoms with Crippen molar-refractivity contribution in [3.05, 3.63) is 65.5 Å². The summed E-state index contributed by atoms with van der Waals surface area (Å²) < 4.78 is 39.0. The summed E-state index contributed by atoms with van der Waals surface area (Å²) in [5, 5.41) is 2.67. The molecule has 4 nitrogen and oxygen atoms in total. The van der Waals surface area contributed by atoms with Crippen molar-refractivity contribution >= 4 is 23.6 Å². The van der Waals surface area contributed by atoms with Crippen LogP contribution in [0.4, 0.5) is 13.2 Å². The molecule has 0 heterocycles. The average molecular weight is 396 g/mol. The largest absolute Gasteiger partial charge is 0.350 e.